The average molecular weight is 488 g/mol. The van der Waals surface area contributed by atoms with Gasteiger partial charge in [0.25, 0.3) is 11.2 Å². The van der Waals surface area contributed by atoms with Crippen molar-refractivity contribution < 1.29 is 9.22 Å². The van der Waals surface area contributed by atoms with Crippen molar-refractivity contribution in [3.05, 3.63) is 143 Å². The number of aromatic nitrogens is 2. The molecule has 5 aromatic rings. The zero-order valence-electron chi connectivity index (χ0n) is 19.2. The zero-order chi connectivity index (χ0) is 24.7. The number of benzene rings is 4. The Balaban J connectivity index is 1.95. The summed E-state index contributed by atoms with van der Waals surface area (Å²) in [6.07, 6.45) is 2.88. The minimum atomic E-state index is -2.90. The molecule has 6 rings (SSSR count). The molecule has 1 heterocycles. The molecule has 1 aromatic heterocycles. The third kappa shape index (κ3) is 3.14. The van der Waals surface area contributed by atoms with Gasteiger partial charge in [0.2, 0.25) is 0 Å². The number of hydrogen-bond acceptors (Lipinski definition) is 3. The van der Waals surface area contributed by atoms with Crippen LogP contribution in [0.2, 0.25) is 0 Å². The fraction of sp³-hybridized carbons (Fsp3) is 0. The summed E-state index contributed by atoms with van der Waals surface area (Å²) >= 11 is 0. The van der Waals surface area contributed by atoms with Gasteiger partial charge in [-0.15, -0.1) is 0 Å². The number of fused-ring (bicyclic) bond motifs is 2. The largest absolute Gasteiger partial charge is 0.805 e. The molecular formula is C30H21N2O3P. The molecule has 0 amide bonds. The van der Waals surface area contributed by atoms with E-state index >= 15 is 0 Å². The van der Waals surface area contributed by atoms with Crippen molar-refractivity contribution >= 4 is 51.0 Å². The van der Waals surface area contributed by atoms with E-state index in [0.717, 1.165) is 25.1 Å². The van der Waals surface area contributed by atoms with Crippen LogP contribution in [0.3, 0.4) is 0 Å². The molecule has 0 spiro atoms. The van der Waals surface area contributed by atoms with Crippen LogP contribution in [0.1, 0.15) is 11.4 Å². The van der Waals surface area contributed by atoms with E-state index in [0.29, 0.717) is 5.29 Å². The second-order valence-electron chi connectivity index (χ2n) is 8.53. The number of hydrogen-bond donors (Lipinski definition) is 0. The van der Waals surface area contributed by atoms with Crippen molar-refractivity contribution in [2.45, 2.75) is 0 Å². The predicted molar refractivity (Wildman–Crippen MR) is 147 cm³/mol. The van der Waals surface area contributed by atoms with E-state index in [4.69, 9.17) is 0 Å². The summed E-state index contributed by atoms with van der Waals surface area (Å²) < 4.78 is 1.52. The summed E-state index contributed by atoms with van der Waals surface area (Å²) in [7, 11) is 0. The van der Waals surface area contributed by atoms with Crippen LogP contribution in [-0.2, 0) is 4.79 Å². The number of allylic oxidation sites excluding steroid dienone is 1. The van der Waals surface area contributed by atoms with Crippen LogP contribution in [0.25, 0.3) is 17.1 Å². The lowest BCUT2D eigenvalue weighted by Crippen LogP contribution is -2.41. The molecule has 0 fully saturated rings. The molecule has 0 bridgehead atoms. The van der Waals surface area contributed by atoms with Gasteiger partial charge in [-0.1, -0.05) is 103 Å². The van der Waals surface area contributed by atoms with Gasteiger partial charge in [0.05, 0.1) is 4.43 Å². The molecule has 1 aliphatic rings. The number of ketones is 1. The smallest absolute Gasteiger partial charge is 0.298 e. The molecule has 0 radical (unpaired) electrons. The Bertz CT molecular complexity index is 1670. The van der Waals surface area contributed by atoms with E-state index in [-0.39, 0.29) is 28.2 Å². The average Bonchev–Trinajstić information content (AvgIpc) is 2.94. The van der Waals surface area contributed by atoms with Gasteiger partial charge in [-0.25, -0.2) is 0 Å². The maximum Gasteiger partial charge on any atom is 0.298 e. The maximum atomic E-state index is 14.0. The first-order chi connectivity index (χ1) is 17.6. The molecule has 0 aliphatic heterocycles. The van der Waals surface area contributed by atoms with Crippen molar-refractivity contribution in [2.75, 3.05) is 0 Å². The lowest BCUT2D eigenvalue weighted by atomic mass is 10.1. The third-order valence-corrected chi connectivity index (χ3v) is 10.9. The number of nitrogens with zero attached hydrogens (tertiary/aromatic N) is 2. The summed E-state index contributed by atoms with van der Waals surface area (Å²) in [6.45, 7) is -2.90. The van der Waals surface area contributed by atoms with E-state index in [2.05, 4.69) is 0 Å². The predicted octanol–water partition coefficient (Wildman–Crippen LogP) is 4.01. The Morgan fingerprint density at radius 2 is 1.11 bits per heavy atom. The van der Waals surface area contributed by atoms with Crippen LogP contribution in [-0.4, -0.2) is 15.8 Å². The molecule has 4 aromatic carbocycles. The minimum Gasteiger partial charge on any atom is -0.805 e. The fourth-order valence-electron chi connectivity index (χ4n) is 5.09. The van der Waals surface area contributed by atoms with E-state index in [1.807, 2.05) is 91.0 Å². The highest BCUT2D eigenvalue weighted by Crippen LogP contribution is 2.48. The van der Waals surface area contributed by atoms with Gasteiger partial charge in [-0.3, -0.25) is 4.79 Å². The monoisotopic (exact) mass is 488 g/mol. The first-order valence-corrected chi connectivity index (χ1v) is 13.4. The molecule has 1 aliphatic carbocycles. The first kappa shape index (κ1) is 22.0. The summed E-state index contributed by atoms with van der Waals surface area (Å²) in [5.74, 6) is -0.271. The van der Waals surface area contributed by atoms with Crippen LogP contribution in [0.4, 0.5) is 0 Å². The van der Waals surface area contributed by atoms with Crippen LogP contribution < -0.4 is 20.3 Å². The van der Waals surface area contributed by atoms with Crippen LogP contribution in [0.5, 0.6) is 0 Å². The normalized spacial score (nSPS) is 13.1. The zero-order valence-corrected chi connectivity index (χ0v) is 20.1. The van der Waals surface area contributed by atoms with Gasteiger partial charge in [-0.05, 0) is 41.0 Å². The lowest BCUT2D eigenvalue weighted by molar-refractivity contribution is -0.466. The molecule has 5 nitrogen and oxygen atoms in total. The number of carbonyl (C=O) groups is 1. The molecule has 0 unspecified atom stereocenters. The van der Waals surface area contributed by atoms with Gasteiger partial charge in [0.15, 0.2) is 5.78 Å². The molecule has 36 heavy (non-hydrogen) atoms. The maximum absolute atomic E-state index is 14.0. The molecular weight excluding hydrogens is 467 g/mol. The topological polar surface area (TPSA) is 68.0 Å². The Hall–Kier alpha value is -4.47. The second kappa shape index (κ2) is 8.63. The lowest BCUT2D eigenvalue weighted by Gasteiger charge is -2.32. The van der Waals surface area contributed by atoms with E-state index in [9.17, 15) is 14.9 Å². The fourth-order valence-corrected chi connectivity index (χ4v) is 9.54. The van der Waals surface area contributed by atoms with Gasteiger partial charge in [0.1, 0.15) is 16.5 Å². The summed E-state index contributed by atoms with van der Waals surface area (Å²) in [5, 5.41) is 16.7. The van der Waals surface area contributed by atoms with Gasteiger partial charge >= 0.3 is 0 Å². The van der Waals surface area contributed by atoms with Crippen molar-refractivity contribution in [3.8, 4) is 0 Å². The van der Waals surface area contributed by atoms with E-state index in [1.54, 1.807) is 24.3 Å². The third-order valence-electron chi connectivity index (χ3n) is 6.60. The van der Waals surface area contributed by atoms with E-state index < -0.39 is 6.89 Å². The Morgan fingerprint density at radius 3 is 1.64 bits per heavy atom. The summed E-state index contributed by atoms with van der Waals surface area (Å²) in [6, 6.07) is 36.2. The number of rotatable bonds is 3. The molecule has 0 saturated carbocycles. The second-order valence-corrected chi connectivity index (χ2v) is 11.9. The van der Waals surface area contributed by atoms with Crippen LogP contribution in [0.15, 0.2) is 121 Å². The van der Waals surface area contributed by atoms with E-state index in [1.165, 1.54) is 12.2 Å². The summed E-state index contributed by atoms with van der Waals surface area (Å²) in [5.41, 5.74) is 0.762. The van der Waals surface area contributed by atoms with Gasteiger partial charge in [-0.2, -0.15) is 0 Å². The Kier molecular flexibility index (Phi) is 5.28. The van der Waals surface area contributed by atoms with Crippen molar-refractivity contribution in [1.82, 2.24) is 4.73 Å². The Morgan fingerprint density at radius 1 is 0.639 bits per heavy atom. The highest BCUT2D eigenvalue weighted by molar-refractivity contribution is 7.96. The van der Waals surface area contributed by atoms with Crippen LogP contribution in [0, 0.1) is 10.1 Å². The summed E-state index contributed by atoms with van der Waals surface area (Å²) in [4.78, 5) is 28.0. The van der Waals surface area contributed by atoms with Gasteiger partial charge < -0.3 is 9.94 Å². The Labute approximate surface area is 207 Å². The van der Waals surface area contributed by atoms with Crippen molar-refractivity contribution in [3.63, 3.8) is 0 Å². The quantitative estimate of drug-likeness (QED) is 0.285. The van der Waals surface area contributed by atoms with Crippen molar-refractivity contribution in [2.24, 2.45) is 0 Å². The highest BCUT2D eigenvalue weighted by atomic mass is 31.2. The van der Waals surface area contributed by atoms with Gasteiger partial charge in [0, 0.05) is 11.0 Å². The standard InChI is InChI=1S/C30H21N2O3P/c33-28-21-20-27-29(32(35)26-19-11-10-18-25(26)31(27)34)30(28)36(22-12-4-1-5-13-22,23-14-6-2-7-15-23)24-16-8-3-9-17-24/h1-21H. The van der Waals surface area contributed by atoms with Crippen LogP contribution >= 0.6 is 6.89 Å². The molecule has 6 heteroatoms. The number of para-hydroxylation sites is 2. The first-order valence-electron chi connectivity index (χ1n) is 11.6. The molecule has 0 saturated heterocycles. The van der Waals surface area contributed by atoms with Crippen molar-refractivity contribution in [1.29, 1.82) is 0 Å². The number of carbonyl (C=O) groups excluding carboxylic acids is 1. The molecule has 0 N–H and O–H groups in total. The molecule has 0 atom stereocenters. The minimum absolute atomic E-state index is 0.112. The highest BCUT2D eigenvalue weighted by Gasteiger charge is 2.41. The molecule has 174 valence electrons. The SMILES string of the molecule is O=C1C=Cc2c([n+](=O)c3ccccc3n2[O-])C1=P(c1ccccc1)(c1ccccc1)c1ccccc1.